The second-order valence-corrected chi connectivity index (χ2v) is 3.82. The van der Waals surface area contributed by atoms with Crippen molar-refractivity contribution in [1.29, 1.82) is 5.26 Å². The lowest BCUT2D eigenvalue weighted by Gasteiger charge is -2.17. The van der Waals surface area contributed by atoms with Gasteiger partial charge in [0.2, 0.25) is 0 Å². The summed E-state index contributed by atoms with van der Waals surface area (Å²) in [5, 5.41) is 9.01. The lowest BCUT2D eigenvalue weighted by atomic mass is 10.1. The number of hydrogen-bond acceptors (Lipinski definition) is 4. The minimum Gasteiger partial charge on any atom is -0.484 e. The third-order valence-electron chi connectivity index (χ3n) is 2.22. The van der Waals surface area contributed by atoms with Crippen molar-refractivity contribution in [3.8, 4) is 11.8 Å². The Morgan fingerprint density at radius 1 is 1.47 bits per heavy atom. The van der Waals surface area contributed by atoms with E-state index in [9.17, 15) is 4.79 Å². The van der Waals surface area contributed by atoms with Crippen LogP contribution in [-0.2, 0) is 4.79 Å². The van der Waals surface area contributed by atoms with Gasteiger partial charge < -0.3 is 10.5 Å². The molecule has 0 saturated heterocycles. The van der Waals surface area contributed by atoms with E-state index in [0.717, 1.165) is 5.56 Å². The van der Waals surface area contributed by atoms with E-state index in [1.807, 2.05) is 19.0 Å². The first-order valence-electron chi connectivity index (χ1n) is 5.11. The van der Waals surface area contributed by atoms with Crippen LogP contribution in [0.25, 0.3) is 0 Å². The van der Waals surface area contributed by atoms with Gasteiger partial charge >= 0.3 is 0 Å². The highest BCUT2D eigenvalue weighted by Crippen LogP contribution is 2.20. The molecule has 0 heterocycles. The summed E-state index contributed by atoms with van der Waals surface area (Å²) in [7, 11) is 3.68. The molecule has 0 aliphatic heterocycles. The van der Waals surface area contributed by atoms with Crippen LogP contribution in [0.4, 0.5) is 0 Å². The summed E-state index contributed by atoms with van der Waals surface area (Å²) in [6.07, 6.45) is 0. The van der Waals surface area contributed by atoms with Gasteiger partial charge in [0.25, 0.3) is 5.91 Å². The zero-order chi connectivity index (χ0) is 12.8. The van der Waals surface area contributed by atoms with E-state index in [4.69, 9.17) is 15.7 Å². The van der Waals surface area contributed by atoms with E-state index in [0.29, 0.717) is 5.75 Å². The third kappa shape index (κ3) is 3.78. The standard InChI is InChI=1S/C12H15N3O2/c1-15(2)11(7-13)9-3-5-10(6-4-9)17-8-12(14)16/h3-6,11H,8H2,1-2H3,(H2,14,16). The number of hydrogen-bond donors (Lipinski definition) is 1. The molecule has 0 aromatic heterocycles. The van der Waals surface area contributed by atoms with Gasteiger partial charge in [0.15, 0.2) is 6.61 Å². The average molecular weight is 233 g/mol. The van der Waals surface area contributed by atoms with Crippen molar-refractivity contribution < 1.29 is 9.53 Å². The van der Waals surface area contributed by atoms with E-state index in [1.54, 1.807) is 24.3 Å². The molecule has 1 atom stereocenters. The van der Waals surface area contributed by atoms with Crippen LogP contribution in [0, 0.1) is 11.3 Å². The molecule has 0 bridgehead atoms. The van der Waals surface area contributed by atoms with E-state index >= 15 is 0 Å². The molecule has 0 radical (unpaired) electrons. The maximum atomic E-state index is 10.5. The molecule has 1 rings (SSSR count). The van der Waals surface area contributed by atoms with Gasteiger partial charge in [-0.1, -0.05) is 12.1 Å². The lowest BCUT2D eigenvalue weighted by Crippen LogP contribution is -2.20. The van der Waals surface area contributed by atoms with Crippen molar-refractivity contribution in [3.05, 3.63) is 29.8 Å². The minimum absolute atomic E-state index is 0.144. The first-order valence-corrected chi connectivity index (χ1v) is 5.11. The molecule has 1 amide bonds. The number of amides is 1. The van der Waals surface area contributed by atoms with Gasteiger partial charge in [-0.15, -0.1) is 0 Å². The molecule has 2 N–H and O–H groups in total. The summed E-state index contributed by atoms with van der Waals surface area (Å²) in [6, 6.07) is 8.93. The smallest absolute Gasteiger partial charge is 0.255 e. The average Bonchev–Trinajstić information content (AvgIpc) is 2.28. The number of nitriles is 1. The fraction of sp³-hybridized carbons (Fsp3) is 0.333. The van der Waals surface area contributed by atoms with Crippen LogP contribution in [-0.4, -0.2) is 31.5 Å². The second kappa shape index (κ2) is 5.87. The molecule has 5 heteroatoms. The summed E-state index contributed by atoms with van der Waals surface area (Å²) < 4.78 is 5.13. The van der Waals surface area contributed by atoms with E-state index in [2.05, 4.69) is 6.07 Å². The summed E-state index contributed by atoms with van der Waals surface area (Å²) in [5.74, 6) is 0.0419. The molecule has 0 spiro atoms. The molecule has 5 nitrogen and oxygen atoms in total. The fourth-order valence-corrected chi connectivity index (χ4v) is 1.39. The van der Waals surface area contributed by atoms with E-state index in [1.165, 1.54) is 0 Å². The van der Waals surface area contributed by atoms with Crippen molar-refractivity contribution in [2.75, 3.05) is 20.7 Å². The predicted molar refractivity (Wildman–Crippen MR) is 63.2 cm³/mol. The Balaban J connectivity index is 2.74. The summed E-state index contributed by atoms with van der Waals surface area (Å²) in [6.45, 7) is -0.144. The minimum atomic E-state index is -0.516. The molecule has 0 aliphatic carbocycles. The summed E-state index contributed by atoms with van der Waals surface area (Å²) in [5.41, 5.74) is 5.84. The Labute approximate surface area is 100 Å². The molecule has 0 aliphatic rings. The van der Waals surface area contributed by atoms with Crippen molar-refractivity contribution >= 4 is 5.91 Å². The predicted octanol–water partition coefficient (Wildman–Crippen LogP) is 0.677. The fourth-order valence-electron chi connectivity index (χ4n) is 1.39. The normalized spacial score (nSPS) is 11.9. The SMILES string of the molecule is CN(C)C(C#N)c1ccc(OCC(N)=O)cc1. The number of benzene rings is 1. The Bertz CT molecular complexity index is 420. The lowest BCUT2D eigenvalue weighted by molar-refractivity contribution is -0.119. The number of carbonyl (C=O) groups excluding carboxylic acids is 1. The van der Waals surface area contributed by atoms with Crippen molar-refractivity contribution in [3.63, 3.8) is 0 Å². The maximum Gasteiger partial charge on any atom is 0.255 e. The second-order valence-electron chi connectivity index (χ2n) is 3.82. The number of carbonyl (C=O) groups is 1. The molecular formula is C12H15N3O2. The maximum absolute atomic E-state index is 10.5. The largest absolute Gasteiger partial charge is 0.484 e. The van der Waals surface area contributed by atoms with Crippen molar-refractivity contribution in [2.24, 2.45) is 5.73 Å². The summed E-state index contributed by atoms with van der Waals surface area (Å²) >= 11 is 0. The Morgan fingerprint density at radius 2 is 2.06 bits per heavy atom. The van der Waals surface area contributed by atoms with Crippen LogP contribution in [0.15, 0.2) is 24.3 Å². The quantitative estimate of drug-likeness (QED) is 0.811. The Hall–Kier alpha value is -2.06. The zero-order valence-electron chi connectivity index (χ0n) is 9.88. The Kier molecular flexibility index (Phi) is 4.49. The monoisotopic (exact) mass is 233 g/mol. The number of nitrogens with zero attached hydrogens (tertiary/aromatic N) is 2. The van der Waals surface area contributed by atoms with Crippen LogP contribution in [0.1, 0.15) is 11.6 Å². The van der Waals surface area contributed by atoms with Gasteiger partial charge in [-0.05, 0) is 31.8 Å². The van der Waals surface area contributed by atoms with Gasteiger partial charge in [-0.2, -0.15) is 5.26 Å². The molecule has 0 saturated carbocycles. The van der Waals surface area contributed by atoms with E-state index in [-0.39, 0.29) is 12.6 Å². The molecule has 0 fully saturated rings. The third-order valence-corrected chi connectivity index (χ3v) is 2.22. The highest BCUT2D eigenvalue weighted by Gasteiger charge is 2.12. The Morgan fingerprint density at radius 3 is 2.47 bits per heavy atom. The van der Waals surface area contributed by atoms with Crippen LogP contribution in [0.2, 0.25) is 0 Å². The van der Waals surface area contributed by atoms with Gasteiger partial charge in [0, 0.05) is 0 Å². The van der Waals surface area contributed by atoms with Crippen molar-refractivity contribution in [2.45, 2.75) is 6.04 Å². The number of nitrogens with two attached hydrogens (primary N) is 1. The molecule has 1 aromatic rings. The van der Waals surface area contributed by atoms with Crippen LogP contribution in [0.3, 0.4) is 0 Å². The zero-order valence-corrected chi connectivity index (χ0v) is 9.88. The molecular weight excluding hydrogens is 218 g/mol. The van der Waals surface area contributed by atoms with Gasteiger partial charge in [0.05, 0.1) is 6.07 Å². The van der Waals surface area contributed by atoms with E-state index < -0.39 is 5.91 Å². The number of primary amides is 1. The topological polar surface area (TPSA) is 79.3 Å². The van der Waals surface area contributed by atoms with Gasteiger partial charge in [-0.25, -0.2) is 0 Å². The van der Waals surface area contributed by atoms with Gasteiger partial charge in [-0.3, -0.25) is 9.69 Å². The van der Waals surface area contributed by atoms with Gasteiger partial charge in [0.1, 0.15) is 11.8 Å². The van der Waals surface area contributed by atoms with Crippen LogP contribution in [0.5, 0.6) is 5.75 Å². The number of ether oxygens (including phenoxy) is 1. The first kappa shape index (κ1) is 13.0. The molecule has 90 valence electrons. The summed E-state index contributed by atoms with van der Waals surface area (Å²) in [4.78, 5) is 12.3. The van der Waals surface area contributed by atoms with Crippen molar-refractivity contribution in [1.82, 2.24) is 4.90 Å². The highest BCUT2D eigenvalue weighted by atomic mass is 16.5. The highest BCUT2D eigenvalue weighted by molar-refractivity contribution is 5.75. The molecule has 17 heavy (non-hydrogen) atoms. The first-order chi connectivity index (χ1) is 8.04. The van der Waals surface area contributed by atoms with Crippen LogP contribution >= 0.6 is 0 Å². The molecule has 1 unspecified atom stereocenters. The number of rotatable bonds is 5. The molecule has 1 aromatic carbocycles. The van der Waals surface area contributed by atoms with Crippen LogP contribution < -0.4 is 10.5 Å².